The summed E-state index contributed by atoms with van der Waals surface area (Å²) in [6, 6.07) is 5.98. The predicted octanol–water partition coefficient (Wildman–Crippen LogP) is 2.90. The average molecular weight is 376 g/mol. The van der Waals surface area contributed by atoms with Crippen molar-refractivity contribution in [3.63, 3.8) is 0 Å². The Bertz CT molecular complexity index is 574. The van der Waals surface area contributed by atoms with Gasteiger partial charge in [-0.15, -0.1) is 0 Å². The molecule has 21 heavy (non-hydrogen) atoms. The number of benzene rings is 1. The lowest BCUT2D eigenvalue weighted by molar-refractivity contribution is 0.312. The van der Waals surface area contributed by atoms with E-state index in [1.165, 1.54) is 0 Å². The van der Waals surface area contributed by atoms with Gasteiger partial charge < -0.3 is 10.1 Å². The Morgan fingerprint density at radius 1 is 1.43 bits per heavy atom. The van der Waals surface area contributed by atoms with E-state index in [9.17, 15) is 8.42 Å². The molecule has 0 amide bonds. The number of sulfone groups is 1. The SMILES string of the molecule is CCCOc1ccc(Br)cc1CNC1CCCS(=O)(=O)C1. The molecule has 0 bridgehead atoms. The van der Waals surface area contributed by atoms with Crippen LogP contribution in [0.4, 0.5) is 0 Å². The highest BCUT2D eigenvalue weighted by atomic mass is 79.9. The topological polar surface area (TPSA) is 55.4 Å². The van der Waals surface area contributed by atoms with Gasteiger partial charge in [-0.25, -0.2) is 8.42 Å². The molecule has 1 saturated heterocycles. The van der Waals surface area contributed by atoms with Gasteiger partial charge in [0.1, 0.15) is 5.75 Å². The highest BCUT2D eigenvalue weighted by molar-refractivity contribution is 9.10. The van der Waals surface area contributed by atoms with Crippen LogP contribution in [-0.2, 0) is 16.4 Å². The first kappa shape index (κ1) is 16.8. The Kier molecular flexibility index (Phi) is 6.08. The third-order valence-electron chi connectivity index (χ3n) is 3.53. The minimum atomic E-state index is -2.87. The molecule has 1 atom stereocenters. The minimum Gasteiger partial charge on any atom is -0.493 e. The summed E-state index contributed by atoms with van der Waals surface area (Å²) in [5.41, 5.74) is 1.06. The molecule has 1 aliphatic heterocycles. The summed E-state index contributed by atoms with van der Waals surface area (Å²) in [5.74, 6) is 1.44. The molecule has 0 radical (unpaired) electrons. The minimum absolute atomic E-state index is 0.0433. The van der Waals surface area contributed by atoms with Gasteiger partial charge in [0.2, 0.25) is 0 Å². The molecule has 1 fully saturated rings. The van der Waals surface area contributed by atoms with Crippen LogP contribution in [0.5, 0.6) is 5.75 Å². The van der Waals surface area contributed by atoms with Gasteiger partial charge in [0.25, 0.3) is 0 Å². The molecule has 0 saturated carbocycles. The molecule has 2 rings (SSSR count). The van der Waals surface area contributed by atoms with Gasteiger partial charge >= 0.3 is 0 Å². The van der Waals surface area contributed by atoms with Crippen molar-refractivity contribution in [2.75, 3.05) is 18.1 Å². The maximum atomic E-state index is 11.7. The van der Waals surface area contributed by atoms with Crippen LogP contribution >= 0.6 is 15.9 Å². The number of hydrogen-bond acceptors (Lipinski definition) is 4. The summed E-state index contributed by atoms with van der Waals surface area (Å²) in [6.07, 6.45) is 2.62. The van der Waals surface area contributed by atoms with Crippen molar-refractivity contribution in [1.82, 2.24) is 5.32 Å². The second kappa shape index (κ2) is 7.61. The fourth-order valence-electron chi connectivity index (χ4n) is 2.48. The Hall–Kier alpha value is -0.590. The van der Waals surface area contributed by atoms with E-state index in [0.717, 1.165) is 35.0 Å². The van der Waals surface area contributed by atoms with Crippen molar-refractivity contribution >= 4 is 25.8 Å². The zero-order valence-corrected chi connectivity index (χ0v) is 14.7. The standard InChI is InChI=1S/C15H22BrNO3S/c1-2-7-20-15-6-5-13(16)9-12(15)10-17-14-4-3-8-21(18,19)11-14/h5-6,9,14,17H,2-4,7-8,10-11H2,1H3. The second-order valence-corrected chi connectivity index (χ2v) is 8.58. The van der Waals surface area contributed by atoms with Gasteiger partial charge in [-0.1, -0.05) is 22.9 Å². The van der Waals surface area contributed by atoms with Crippen LogP contribution in [-0.4, -0.2) is 32.6 Å². The summed E-state index contributed by atoms with van der Waals surface area (Å²) >= 11 is 3.47. The van der Waals surface area contributed by atoms with E-state index < -0.39 is 9.84 Å². The van der Waals surface area contributed by atoms with Gasteiger partial charge in [0, 0.05) is 22.6 Å². The molecule has 118 valence electrons. The third-order valence-corrected chi connectivity index (χ3v) is 5.84. The quantitative estimate of drug-likeness (QED) is 0.830. The normalized spacial score (nSPS) is 21.1. The van der Waals surface area contributed by atoms with Crippen LogP contribution in [0.1, 0.15) is 31.7 Å². The number of halogens is 1. The van der Waals surface area contributed by atoms with E-state index in [2.05, 4.69) is 28.2 Å². The molecule has 1 unspecified atom stereocenters. The van der Waals surface area contributed by atoms with Crippen LogP contribution in [0.2, 0.25) is 0 Å². The first-order chi connectivity index (χ1) is 10.00. The molecule has 1 aliphatic rings. The Morgan fingerprint density at radius 3 is 2.95 bits per heavy atom. The van der Waals surface area contributed by atoms with E-state index in [1.54, 1.807) is 0 Å². The summed E-state index contributed by atoms with van der Waals surface area (Å²) in [5, 5.41) is 3.36. The number of rotatable bonds is 6. The lowest BCUT2D eigenvalue weighted by Gasteiger charge is -2.23. The highest BCUT2D eigenvalue weighted by Crippen LogP contribution is 2.24. The molecule has 4 nitrogen and oxygen atoms in total. The largest absolute Gasteiger partial charge is 0.493 e. The summed E-state index contributed by atoms with van der Waals surface area (Å²) in [7, 11) is -2.87. The number of hydrogen-bond donors (Lipinski definition) is 1. The van der Waals surface area contributed by atoms with Gasteiger partial charge in [0.15, 0.2) is 9.84 Å². The van der Waals surface area contributed by atoms with E-state index in [4.69, 9.17) is 4.74 Å². The monoisotopic (exact) mass is 375 g/mol. The van der Waals surface area contributed by atoms with Crippen molar-refractivity contribution < 1.29 is 13.2 Å². The molecule has 1 heterocycles. The van der Waals surface area contributed by atoms with Gasteiger partial charge in [-0.3, -0.25) is 0 Å². The Morgan fingerprint density at radius 2 is 2.24 bits per heavy atom. The number of nitrogens with one attached hydrogen (secondary N) is 1. The average Bonchev–Trinajstić information content (AvgIpc) is 2.43. The smallest absolute Gasteiger partial charge is 0.151 e. The lowest BCUT2D eigenvalue weighted by atomic mass is 10.1. The maximum Gasteiger partial charge on any atom is 0.151 e. The van der Waals surface area contributed by atoms with Gasteiger partial charge in [-0.2, -0.15) is 0 Å². The van der Waals surface area contributed by atoms with E-state index in [0.29, 0.717) is 18.9 Å². The van der Waals surface area contributed by atoms with Gasteiger partial charge in [0.05, 0.1) is 18.1 Å². The zero-order valence-electron chi connectivity index (χ0n) is 12.3. The molecule has 0 spiro atoms. The van der Waals surface area contributed by atoms with E-state index in [-0.39, 0.29) is 11.8 Å². The second-order valence-electron chi connectivity index (χ2n) is 5.43. The Labute approximate surface area is 135 Å². The molecule has 1 N–H and O–H groups in total. The molecule has 6 heteroatoms. The van der Waals surface area contributed by atoms with Crippen LogP contribution in [0.3, 0.4) is 0 Å². The van der Waals surface area contributed by atoms with Gasteiger partial charge in [-0.05, 0) is 37.5 Å². The fourth-order valence-corrected chi connectivity index (χ4v) is 4.56. The first-order valence-electron chi connectivity index (χ1n) is 7.35. The van der Waals surface area contributed by atoms with Crippen LogP contribution in [0.25, 0.3) is 0 Å². The maximum absolute atomic E-state index is 11.7. The van der Waals surface area contributed by atoms with Crippen LogP contribution < -0.4 is 10.1 Å². The number of ether oxygens (including phenoxy) is 1. The molecular weight excluding hydrogens is 354 g/mol. The van der Waals surface area contributed by atoms with Crippen LogP contribution in [0, 0.1) is 0 Å². The van der Waals surface area contributed by atoms with E-state index >= 15 is 0 Å². The van der Waals surface area contributed by atoms with Crippen LogP contribution in [0.15, 0.2) is 22.7 Å². The molecular formula is C15H22BrNO3S. The van der Waals surface area contributed by atoms with Crippen molar-refractivity contribution in [3.05, 3.63) is 28.2 Å². The first-order valence-corrected chi connectivity index (χ1v) is 9.96. The summed E-state index contributed by atoms with van der Waals surface area (Å²) in [6.45, 7) is 3.38. The van der Waals surface area contributed by atoms with Crippen molar-refractivity contribution in [3.8, 4) is 5.75 Å². The van der Waals surface area contributed by atoms with Crippen molar-refractivity contribution in [2.24, 2.45) is 0 Å². The molecule has 1 aromatic carbocycles. The predicted molar refractivity (Wildman–Crippen MR) is 88.4 cm³/mol. The molecule has 0 aromatic heterocycles. The van der Waals surface area contributed by atoms with Crippen molar-refractivity contribution in [1.29, 1.82) is 0 Å². The third kappa shape index (κ3) is 5.27. The Balaban J connectivity index is 2.00. The summed E-state index contributed by atoms with van der Waals surface area (Å²) < 4.78 is 30.1. The van der Waals surface area contributed by atoms with Crippen molar-refractivity contribution in [2.45, 2.75) is 38.8 Å². The zero-order chi connectivity index (χ0) is 15.3. The summed E-state index contributed by atoms with van der Waals surface area (Å²) in [4.78, 5) is 0. The molecule has 1 aromatic rings. The fraction of sp³-hybridized carbons (Fsp3) is 0.600. The van der Waals surface area contributed by atoms with E-state index in [1.807, 2.05) is 18.2 Å². The molecule has 0 aliphatic carbocycles. The highest BCUT2D eigenvalue weighted by Gasteiger charge is 2.24. The lowest BCUT2D eigenvalue weighted by Crippen LogP contribution is -2.39.